The number of hydrogen-bond donors (Lipinski definition) is 2. The van der Waals surface area contributed by atoms with E-state index in [1.165, 1.54) is 64.2 Å². The van der Waals surface area contributed by atoms with Crippen LogP contribution in [0.15, 0.2) is 0 Å². The molecule has 6 nitrogen and oxygen atoms in total. The second-order valence-electron chi connectivity index (χ2n) is 14.6. The van der Waals surface area contributed by atoms with E-state index in [1.807, 2.05) is 0 Å². The number of hydrogen-bond acceptors (Lipinski definition) is 4. The van der Waals surface area contributed by atoms with Gasteiger partial charge in [0, 0.05) is 12.8 Å². The van der Waals surface area contributed by atoms with Crippen LogP contribution < -0.4 is 5.32 Å². The summed E-state index contributed by atoms with van der Waals surface area (Å²) < 4.78 is 6.02. The topological polar surface area (TPSA) is 92.7 Å². The van der Waals surface area contributed by atoms with Gasteiger partial charge < -0.3 is 15.2 Å². The van der Waals surface area contributed by atoms with Gasteiger partial charge in [0.15, 0.2) is 0 Å². The van der Waals surface area contributed by atoms with Crippen LogP contribution >= 0.6 is 0 Å². The predicted octanol–water partition coefficient (Wildman–Crippen LogP) is 7.53. The Morgan fingerprint density at radius 1 is 0.900 bits per heavy atom. The van der Waals surface area contributed by atoms with E-state index >= 15 is 0 Å². The lowest BCUT2D eigenvalue weighted by atomic mass is 9.44. The standard InChI is InChI=1S/C34H57NO5/c1-5-6-7-8-9-10-32(39)40-25-17-19-33(3)24(21-25)12-13-26-28-15-14-27(34(28,4)20-18-29(26)33)23(2)11-16-30(36)35-22-31(37)38/h23-29H,5-22H2,1-4H3,(H,35,36)(H,37,38). The zero-order chi connectivity index (χ0) is 28.9. The Kier molecular flexibility index (Phi) is 10.7. The summed E-state index contributed by atoms with van der Waals surface area (Å²) in [5.41, 5.74) is 0.727. The molecule has 0 radical (unpaired) electrons. The van der Waals surface area contributed by atoms with E-state index in [1.54, 1.807) is 0 Å². The zero-order valence-electron chi connectivity index (χ0n) is 25.8. The number of unbranched alkanes of at least 4 members (excludes halogenated alkanes) is 4. The van der Waals surface area contributed by atoms with E-state index in [9.17, 15) is 14.4 Å². The largest absolute Gasteiger partial charge is 0.480 e. The maximum atomic E-state index is 12.5. The monoisotopic (exact) mass is 559 g/mol. The molecular weight excluding hydrogens is 502 g/mol. The fourth-order valence-corrected chi connectivity index (χ4v) is 10.2. The lowest BCUT2D eigenvalue weighted by Gasteiger charge is -2.61. The van der Waals surface area contributed by atoms with Crippen molar-refractivity contribution in [1.29, 1.82) is 0 Å². The Morgan fingerprint density at radius 2 is 1.62 bits per heavy atom. The number of carbonyl (C=O) groups excluding carboxylic acids is 2. The molecule has 0 aromatic rings. The summed E-state index contributed by atoms with van der Waals surface area (Å²) >= 11 is 0. The van der Waals surface area contributed by atoms with E-state index in [0.29, 0.717) is 41.4 Å². The van der Waals surface area contributed by atoms with Gasteiger partial charge in [0.25, 0.3) is 0 Å². The number of carboxylic acid groups (broad SMARTS) is 1. The van der Waals surface area contributed by atoms with Crippen LogP contribution in [0.25, 0.3) is 0 Å². The molecule has 4 rings (SSSR count). The predicted molar refractivity (Wildman–Crippen MR) is 158 cm³/mol. The SMILES string of the molecule is CCCCCCCC(=O)OC1CCC2(C)C(CCC3C2CCC2(C)C(C(C)CCC(=O)NCC(=O)O)CCC32)C1. The van der Waals surface area contributed by atoms with Gasteiger partial charge in [-0.05, 0) is 117 Å². The molecule has 9 unspecified atom stereocenters. The summed E-state index contributed by atoms with van der Waals surface area (Å²) in [5.74, 6) is 3.06. The number of carbonyl (C=O) groups is 3. The van der Waals surface area contributed by atoms with Crippen LogP contribution in [-0.4, -0.2) is 35.6 Å². The summed E-state index contributed by atoms with van der Waals surface area (Å²) in [6.07, 6.45) is 18.8. The Labute approximate surface area is 243 Å². The van der Waals surface area contributed by atoms with Gasteiger partial charge in [-0.25, -0.2) is 0 Å². The van der Waals surface area contributed by atoms with Gasteiger partial charge in [-0.2, -0.15) is 0 Å². The Balaban J connectivity index is 1.29. The van der Waals surface area contributed by atoms with E-state index < -0.39 is 5.97 Å². The number of carboxylic acids is 1. The minimum absolute atomic E-state index is 0.0257. The molecule has 6 heteroatoms. The number of rotatable bonds is 13. The number of ether oxygens (including phenoxy) is 1. The van der Waals surface area contributed by atoms with Gasteiger partial charge in [0.2, 0.25) is 5.91 Å². The van der Waals surface area contributed by atoms with Crippen molar-refractivity contribution in [3.05, 3.63) is 0 Å². The van der Waals surface area contributed by atoms with E-state index in [2.05, 4.69) is 33.0 Å². The second kappa shape index (κ2) is 13.6. The van der Waals surface area contributed by atoms with Gasteiger partial charge in [-0.1, -0.05) is 53.4 Å². The van der Waals surface area contributed by atoms with Crippen LogP contribution in [0.4, 0.5) is 0 Å². The Bertz CT molecular complexity index is 890. The Morgan fingerprint density at radius 3 is 2.38 bits per heavy atom. The molecule has 228 valence electrons. The van der Waals surface area contributed by atoms with Crippen molar-refractivity contribution in [2.24, 2.45) is 46.3 Å². The molecule has 2 N–H and O–H groups in total. The third-order valence-corrected chi connectivity index (χ3v) is 12.4. The molecule has 9 atom stereocenters. The second-order valence-corrected chi connectivity index (χ2v) is 14.6. The maximum Gasteiger partial charge on any atom is 0.322 e. The van der Waals surface area contributed by atoms with Crippen LogP contribution in [0.1, 0.15) is 137 Å². The van der Waals surface area contributed by atoms with E-state index in [0.717, 1.165) is 49.9 Å². The molecule has 0 aromatic carbocycles. The minimum Gasteiger partial charge on any atom is -0.480 e. The third-order valence-electron chi connectivity index (χ3n) is 12.4. The molecule has 4 fully saturated rings. The first-order chi connectivity index (χ1) is 19.1. The van der Waals surface area contributed by atoms with Crippen LogP contribution in [0.2, 0.25) is 0 Å². The van der Waals surface area contributed by atoms with Crippen molar-refractivity contribution < 1.29 is 24.2 Å². The van der Waals surface area contributed by atoms with Crippen LogP contribution in [-0.2, 0) is 19.1 Å². The minimum atomic E-state index is -0.990. The molecule has 0 spiro atoms. The number of nitrogens with one attached hydrogen (secondary N) is 1. The fraction of sp³-hybridized carbons (Fsp3) is 0.912. The zero-order valence-corrected chi connectivity index (χ0v) is 25.8. The molecule has 0 aliphatic heterocycles. The van der Waals surface area contributed by atoms with Crippen LogP contribution in [0, 0.1) is 46.3 Å². The van der Waals surface area contributed by atoms with Crippen molar-refractivity contribution in [2.45, 2.75) is 143 Å². The lowest BCUT2D eigenvalue weighted by Crippen LogP contribution is -2.54. The van der Waals surface area contributed by atoms with E-state index in [4.69, 9.17) is 9.84 Å². The number of esters is 1. The van der Waals surface area contributed by atoms with Gasteiger partial charge in [-0.3, -0.25) is 14.4 Å². The highest BCUT2D eigenvalue weighted by molar-refractivity contribution is 5.81. The molecule has 40 heavy (non-hydrogen) atoms. The summed E-state index contributed by atoms with van der Waals surface area (Å²) in [5, 5.41) is 11.3. The average Bonchev–Trinajstić information content (AvgIpc) is 3.28. The molecule has 4 aliphatic rings. The quantitative estimate of drug-likeness (QED) is 0.180. The highest BCUT2D eigenvalue weighted by atomic mass is 16.5. The fourth-order valence-electron chi connectivity index (χ4n) is 10.2. The highest BCUT2D eigenvalue weighted by Crippen LogP contribution is 2.68. The molecule has 0 heterocycles. The maximum absolute atomic E-state index is 12.5. The summed E-state index contributed by atoms with van der Waals surface area (Å²) in [4.78, 5) is 35.4. The smallest absolute Gasteiger partial charge is 0.322 e. The van der Waals surface area contributed by atoms with Gasteiger partial charge >= 0.3 is 11.9 Å². The normalized spacial score (nSPS) is 37.5. The number of aliphatic carboxylic acids is 1. The van der Waals surface area contributed by atoms with Gasteiger partial charge in [0.05, 0.1) is 0 Å². The molecule has 1 amide bonds. The highest BCUT2D eigenvalue weighted by Gasteiger charge is 2.60. The van der Waals surface area contributed by atoms with Crippen molar-refractivity contribution in [2.75, 3.05) is 6.54 Å². The molecule has 0 saturated heterocycles. The average molecular weight is 560 g/mol. The summed E-state index contributed by atoms with van der Waals surface area (Å²) in [6, 6.07) is 0. The van der Waals surface area contributed by atoms with Crippen LogP contribution in [0.5, 0.6) is 0 Å². The van der Waals surface area contributed by atoms with Gasteiger partial charge in [0.1, 0.15) is 12.6 Å². The molecule has 0 bridgehead atoms. The molecule has 0 aromatic heterocycles. The van der Waals surface area contributed by atoms with Crippen molar-refractivity contribution >= 4 is 17.8 Å². The molecular formula is C34H57NO5. The van der Waals surface area contributed by atoms with Crippen molar-refractivity contribution in [1.82, 2.24) is 5.32 Å². The first kappa shape index (κ1) is 31.3. The third kappa shape index (κ3) is 6.89. The first-order valence-electron chi connectivity index (χ1n) is 16.8. The van der Waals surface area contributed by atoms with Crippen molar-refractivity contribution in [3.63, 3.8) is 0 Å². The lowest BCUT2D eigenvalue weighted by molar-refractivity contribution is -0.162. The molecule has 4 aliphatic carbocycles. The van der Waals surface area contributed by atoms with Crippen LogP contribution in [0.3, 0.4) is 0 Å². The van der Waals surface area contributed by atoms with E-state index in [-0.39, 0.29) is 24.5 Å². The van der Waals surface area contributed by atoms with Crippen molar-refractivity contribution in [3.8, 4) is 0 Å². The first-order valence-corrected chi connectivity index (χ1v) is 16.8. The summed E-state index contributed by atoms with van der Waals surface area (Å²) in [7, 11) is 0. The van der Waals surface area contributed by atoms with Gasteiger partial charge in [-0.15, -0.1) is 0 Å². The number of fused-ring (bicyclic) bond motifs is 5. The Hall–Kier alpha value is -1.59. The number of amides is 1. The summed E-state index contributed by atoms with van der Waals surface area (Å²) in [6.45, 7) is 9.38. The molecule has 4 saturated carbocycles.